The Morgan fingerprint density at radius 1 is 1.20 bits per heavy atom. The summed E-state index contributed by atoms with van der Waals surface area (Å²) in [5, 5.41) is 9.83. The highest BCUT2D eigenvalue weighted by Gasteiger charge is 2.30. The lowest BCUT2D eigenvalue weighted by molar-refractivity contribution is -0.137. The van der Waals surface area contributed by atoms with E-state index in [4.69, 9.17) is 11.6 Å². The molecule has 0 aliphatic carbocycles. The van der Waals surface area contributed by atoms with Crippen LogP contribution >= 0.6 is 23.5 Å². The number of alkyl halides is 3. The molecule has 0 spiro atoms. The van der Waals surface area contributed by atoms with Gasteiger partial charge >= 0.3 is 6.18 Å². The van der Waals surface area contributed by atoms with E-state index in [1.807, 2.05) is 19.1 Å². The molecule has 1 unspecified atom stereocenters. The Labute approximate surface area is 211 Å². The van der Waals surface area contributed by atoms with Crippen LogP contribution in [0.1, 0.15) is 28.8 Å². The first-order chi connectivity index (χ1) is 16.6. The third-order valence-electron chi connectivity index (χ3n) is 5.45. The van der Waals surface area contributed by atoms with Crippen LogP contribution in [0.15, 0.2) is 65.7 Å². The summed E-state index contributed by atoms with van der Waals surface area (Å²) in [5.41, 5.74) is 1.29. The number of amides is 1. The number of aryl methyl sites for hydroxylation is 2. The molecule has 184 valence electrons. The molecule has 0 aliphatic heterocycles. The topological polar surface area (TPSA) is 61.1 Å². The highest BCUT2D eigenvalue weighted by Crippen LogP contribution is 2.30. The fourth-order valence-corrected chi connectivity index (χ4v) is 4.72. The number of carbonyl (C=O) groups is 1. The minimum atomic E-state index is -4.41. The van der Waals surface area contributed by atoms with Gasteiger partial charge in [0, 0.05) is 31.2 Å². The van der Waals surface area contributed by atoms with Crippen LogP contribution in [0, 0.1) is 18.3 Å². The second-order valence-corrected chi connectivity index (χ2v) is 9.29. The first-order valence-electron chi connectivity index (χ1n) is 10.7. The molecule has 1 amide bonds. The van der Waals surface area contributed by atoms with Gasteiger partial charge in [-0.2, -0.15) is 18.4 Å². The van der Waals surface area contributed by atoms with Crippen molar-refractivity contribution in [1.29, 1.82) is 5.26 Å². The summed E-state index contributed by atoms with van der Waals surface area (Å²) in [4.78, 5) is 15.6. The zero-order valence-corrected chi connectivity index (χ0v) is 20.7. The monoisotopic (exact) mass is 520 g/mol. The maximum atomic E-state index is 13.3. The molecule has 3 aromatic rings. The molecule has 0 aliphatic rings. The molecule has 5 nitrogen and oxygen atoms in total. The van der Waals surface area contributed by atoms with Crippen molar-refractivity contribution in [3.05, 3.63) is 88.2 Å². The van der Waals surface area contributed by atoms with E-state index in [0.29, 0.717) is 29.2 Å². The molecule has 0 radical (unpaired) electrons. The van der Waals surface area contributed by atoms with E-state index in [1.165, 1.54) is 29.0 Å². The predicted molar refractivity (Wildman–Crippen MR) is 131 cm³/mol. The SMILES string of the molecule is Cc1cccc(Cl)c1SNC(CCn1cccc1C#N)C(=O)N(C)Cc1ccc(C(F)(F)F)cc1. The van der Waals surface area contributed by atoms with Crippen LogP contribution < -0.4 is 4.72 Å². The fraction of sp³-hybridized carbons (Fsp3) is 0.280. The number of hydrogen-bond acceptors (Lipinski definition) is 4. The van der Waals surface area contributed by atoms with E-state index in [2.05, 4.69) is 10.8 Å². The molecule has 0 saturated carbocycles. The smallest absolute Gasteiger partial charge is 0.340 e. The van der Waals surface area contributed by atoms with Crippen LogP contribution in [-0.2, 0) is 24.1 Å². The largest absolute Gasteiger partial charge is 0.416 e. The Bertz CT molecular complexity index is 1180. The van der Waals surface area contributed by atoms with Crippen molar-refractivity contribution in [1.82, 2.24) is 14.2 Å². The van der Waals surface area contributed by atoms with Gasteiger partial charge in [-0.25, -0.2) is 4.72 Å². The van der Waals surface area contributed by atoms with Crippen molar-refractivity contribution in [3.8, 4) is 6.07 Å². The van der Waals surface area contributed by atoms with Crippen molar-refractivity contribution < 1.29 is 18.0 Å². The Morgan fingerprint density at radius 3 is 2.54 bits per heavy atom. The molecule has 1 atom stereocenters. The van der Waals surface area contributed by atoms with Gasteiger partial charge in [0.05, 0.1) is 16.6 Å². The number of carbonyl (C=O) groups excluding carboxylic acids is 1. The van der Waals surface area contributed by atoms with Crippen LogP contribution in [0.5, 0.6) is 0 Å². The fourth-order valence-electron chi connectivity index (χ4n) is 3.50. The minimum Gasteiger partial charge on any atom is -0.340 e. The van der Waals surface area contributed by atoms with E-state index in [-0.39, 0.29) is 12.5 Å². The number of benzene rings is 2. The van der Waals surface area contributed by atoms with Crippen molar-refractivity contribution in [2.75, 3.05) is 7.05 Å². The van der Waals surface area contributed by atoms with Gasteiger partial charge in [0.15, 0.2) is 0 Å². The molecule has 1 heterocycles. The lowest BCUT2D eigenvalue weighted by Crippen LogP contribution is -2.43. The van der Waals surface area contributed by atoms with Crippen LogP contribution in [0.4, 0.5) is 13.2 Å². The molecule has 3 rings (SSSR count). The van der Waals surface area contributed by atoms with Crippen LogP contribution in [-0.4, -0.2) is 28.5 Å². The molecule has 0 saturated heterocycles. The maximum absolute atomic E-state index is 13.3. The number of aromatic nitrogens is 1. The second kappa shape index (κ2) is 11.7. The highest BCUT2D eigenvalue weighted by molar-refractivity contribution is 7.97. The van der Waals surface area contributed by atoms with Gasteiger partial charge in [0.2, 0.25) is 5.91 Å². The van der Waals surface area contributed by atoms with E-state index in [9.17, 15) is 23.2 Å². The quantitative estimate of drug-likeness (QED) is 0.349. The van der Waals surface area contributed by atoms with Crippen molar-refractivity contribution in [2.45, 2.75) is 43.5 Å². The average Bonchev–Trinajstić information content (AvgIpc) is 3.27. The van der Waals surface area contributed by atoms with Crippen LogP contribution in [0.25, 0.3) is 0 Å². The number of nitrogens with one attached hydrogen (secondary N) is 1. The Morgan fingerprint density at radius 2 is 1.91 bits per heavy atom. The molecular formula is C25H24ClF3N4OS. The van der Waals surface area contributed by atoms with E-state index < -0.39 is 17.8 Å². The first-order valence-corrected chi connectivity index (χ1v) is 11.9. The molecule has 1 N–H and O–H groups in total. The summed E-state index contributed by atoms with van der Waals surface area (Å²) in [7, 11) is 1.61. The molecule has 0 fully saturated rings. The number of nitriles is 1. The Hall–Kier alpha value is -2.93. The standard InChI is InChI=1S/C25H24ClF3N4OS/c1-17-5-3-7-21(26)23(17)35-31-22(12-14-33-13-4-6-20(33)15-30)24(34)32(2)16-18-8-10-19(11-9-18)25(27,28)29/h3-11,13,22,31H,12,14,16H2,1-2H3. The minimum absolute atomic E-state index is 0.151. The normalized spacial score (nSPS) is 12.3. The van der Waals surface area contributed by atoms with Gasteiger partial charge in [0.1, 0.15) is 11.8 Å². The van der Waals surface area contributed by atoms with Crippen molar-refractivity contribution >= 4 is 29.5 Å². The lowest BCUT2D eigenvalue weighted by atomic mass is 10.1. The maximum Gasteiger partial charge on any atom is 0.416 e. The summed E-state index contributed by atoms with van der Waals surface area (Å²) in [6.07, 6.45) is -2.25. The van der Waals surface area contributed by atoms with E-state index in [1.54, 1.807) is 36.0 Å². The van der Waals surface area contributed by atoms with Gasteiger partial charge in [-0.15, -0.1) is 0 Å². The van der Waals surface area contributed by atoms with Gasteiger partial charge in [-0.3, -0.25) is 4.79 Å². The van der Waals surface area contributed by atoms with Crippen LogP contribution in [0.3, 0.4) is 0 Å². The number of likely N-dealkylation sites (N-methyl/N-ethyl adjacent to an activating group) is 1. The molecule has 2 aromatic carbocycles. The zero-order chi connectivity index (χ0) is 25.6. The Kier molecular flexibility index (Phi) is 8.89. The predicted octanol–water partition coefficient (Wildman–Crippen LogP) is 6.05. The molecule has 1 aromatic heterocycles. The molecule has 10 heteroatoms. The Balaban J connectivity index is 1.74. The summed E-state index contributed by atoms with van der Waals surface area (Å²) in [5.74, 6) is -0.229. The highest BCUT2D eigenvalue weighted by atomic mass is 35.5. The van der Waals surface area contributed by atoms with Gasteiger partial charge in [-0.05, 0) is 66.8 Å². The number of halogens is 4. The van der Waals surface area contributed by atoms with E-state index >= 15 is 0 Å². The van der Waals surface area contributed by atoms with Crippen LogP contribution in [0.2, 0.25) is 5.02 Å². The van der Waals surface area contributed by atoms with Crippen molar-refractivity contribution in [2.24, 2.45) is 0 Å². The summed E-state index contributed by atoms with van der Waals surface area (Å²) < 4.78 is 43.5. The second-order valence-electron chi connectivity index (χ2n) is 8.03. The summed E-state index contributed by atoms with van der Waals surface area (Å²) >= 11 is 7.59. The molecule has 35 heavy (non-hydrogen) atoms. The summed E-state index contributed by atoms with van der Waals surface area (Å²) in [6, 6.07) is 15.2. The van der Waals surface area contributed by atoms with Gasteiger partial charge in [0.25, 0.3) is 0 Å². The van der Waals surface area contributed by atoms with Crippen molar-refractivity contribution in [3.63, 3.8) is 0 Å². The summed E-state index contributed by atoms with van der Waals surface area (Å²) in [6.45, 7) is 2.50. The number of nitrogens with zero attached hydrogens (tertiary/aromatic N) is 3. The van der Waals surface area contributed by atoms with Gasteiger partial charge < -0.3 is 9.47 Å². The molecular weight excluding hydrogens is 497 g/mol. The third kappa shape index (κ3) is 7.04. The average molecular weight is 521 g/mol. The first kappa shape index (κ1) is 26.7. The number of rotatable bonds is 9. The molecule has 0 bridgehead atoms. The number of hydrogen-bond donors (Lipinski definition) is 1. The lowest BCUT2D eigenvalue weighted by Gasteiger charge is -2.25. The van der Waals surface area contributed by atoms with Gasteiger partial charge in [-0.1, -0.05) is 35.9 Å². The zero-order valence-electron chi connectivity index (χ0n) is 19.1. The van der Waals surface area contributed by atoms with E-state index in [0.717, 1.165) is 22.6 Å². The third-order valence-corrected chi connectivity index (χ3v) is 7.02.